The zero-order valence-corrected chi connectivity index (χ0v) is 10.7. The van der Waals surface area contributed by atoms with Crippen molar-refractivity contribution in [1.29, 1.82) is 0 Å². The maximum Gasteiger partial charge on any atom is 0.240 e. The van der Waals surface area contributed by atoms with Gasteiger partial charge in [0.2, 0.25) is 15.9 Å². The molecule has 0 aromatic carbocycles. The summed E-state index contributed by atoms with van der Waals surface area (Å²) >= 11 is 0. The first kappa shape index (κ1) is 14.4. The molecule has 0 spiro atoms. The molecule has 1 aliphatic heterocycles. The first-order valence-corrected chi connectivity index (χ1v) is 7.14. The molecular formula is C9H19N3O4S. The summed E-state index contributed by atoms with van der Waals surface area (Å²) < 4.78 is 30.6. The van der Waals surface area contributed by atoms with Crippen LogP contribution in [0.3, 0.4) is 0 Å². The molecule has 0 aromatic rings. The Morgan fingerprint density at radius 1 is 1.53 bits per heavy atom. The van der Waals surface area contributed by atoms with Gasteiger partial charge in [-0.05, 0) is 6.42 Å². The van der Waals surface area contributed by atoms with Crippen LogP contribution >= 0.6 is 0 Å². The number of amides is 1. The normalized spacial score (nSPS) is 21.2. The number of carbonyl (C=O) groups excluding carboxylic acids is 1. The van der Waals surface area contributed by atoms with E-state index in [4.69, 9.17) is 10.5 Å². The van der Waals surface area contributed by atoms with Crippen molar-refractivity contribution < 1.29 is 17.9 Å². The maximum atomic E-state index is 11.6. The van der Waals surface area contributed by atoms with Crippen LogP contribution in [0.15, 0.2) is 0 Å². The Hall–Kier alpha value is -0.700. The van der Waals surface area contributed by atoms with E-state index in [0.29, 0.717) is 26.1 Å². The van der Waals surface area contributed by atoms with Crippen molar-refractivity contribution in [1.82, 2.24) is 9.62 Å². The van der Waals surface area contributed by atoms with Gasteiger partial charge in [-0.2, -0.15) is 0 Å². The molecule has 17 heavy (non-hydrogen) atoms. The summed E-state index contributed by atoms with van der Waals surface area (Å²) in [5.41, 5.74) is 5.20. The minimum absolute atomic E-state index is 0.0866. The standard InChI is InChI=1S/C9H19N3O4S/c1-12-4-2-8(9(12)13)11-17(14,15)7-6-16-5-3-10/h8,11H,2-7,10H2,1H3. The third kappa shape index (κ3) is 4.58. The van der Waals surface area contributed by atoms with E-state index < -0.39 is 16.1 Å². The molecule has 3 N–H and O–H groups in total. The minimum Gasteiger partial charge on any atom is -0.379 e. The van der Waals surface area contributed by atoms with Gasteiger partial charge in [-0.25, -0.2) is 13.1 Å². The quantitative estimate of drug-likeness (QED) is 0.524. The van der Waals surface area contributed by atoms with Gasteiger partial charge in [0.15, 0.2) is 0 Å². The highest BCUT2D eigenvalue weighted by Gasteiger charge is 2.32. The number of nitrogens with one attached hydrogen (secondary N) is 1. The molecule has 7 nitrogen and oxygen atoms in total. The van der Waals surface area contributed by atoms with E-state index in [-0.39, 0.29) is 18.3 Å². The third-order valence-electron chi connectivity index (χ3n) is 2.51. The summed E-state index contributed by atoms with van der Waals surface area (Å²) in [6.45, 7) is 1.36. The van der Waals surface area contributed by atoms with Gasteiger partial charge in [0, 0.05) is 20.1 Å². The number of sulfonamides is 1. The van der Waals surface area contributed by atoms with Crippen molar-refractivity contribution in [3.63, 3.8) is 0 Å². The Morgan fingerprint density at radius 2 is 2.24 bits per heavy atom. The Bertz CT molecular complexity index is 357. The molecule has 1 fully saturated rings. The van der Waals surface area contributed by atoms with E-state index in [2.05, 4.69) is 4.72 Å². The molecule has 1 unspecified atom stereocenters. The van der Waals surface area contributed by atoms with E-state index in [0.717, 1.165) is 0 Å². The second-order valence-corrected chi connectivity index (χ2v) is 5.81. The van der Waals surface area contributed by atoms with Crippen LogP contribution < -0.4 is 10.5 Å². The molecule has 0 aliphatic carbocycles. The predicted octanol–water partition coefficient (Wildman–Crippen LogP) is -1.89. The Kier molecular flexibility index (Phi) is 5.31. The van der Waals surface area contributed by atoms with Gasteiger partial charge >= 0.3 is 0 Å². The average molecular weight is 265 g/mol. The van der Waals surface area contributed by atoms with Crippen LogP contribution in [0, 0.1) is 0 Å². The lowest BCUT2D eigenvalue weighted by molar-refractivity contribution is -0.127. The van der Waals surface area contributed by atoms with Gasteiger partial charge in [-0.1, -0.05) is 0 Å². The molecule has 0 saturated carbocycles. The molecule has 100 valence electrons. The molecule has 1 atom stereocenters. The highest BCUT2D eigenvalue weighted by atomic mass is 32.2. The lowest BCUT2D eigenvalue weighted by Gasteiger charge is -2.12. The number of ether oxygens (including phenoxy) is 1. The average Bonchev–Trinajstić information content (AvgIpc) is 2.56. The zero-order valence-electron chi connectivity index (χ0n) is 9.89. The molecule has 8 heteroatoms. The number of hydrogen-bond donors (Lipinski definition) is 2. The number of nitrogens with zero attached hydrogens (tertiary/aromatic N) is 1. The summed E-state index contributed by atoms with van der Waals surface area (Å²) in [5.74, 6) is -0.336. The largest absolute Gasteiger partial charge is 0.379 e. The monoisotopic (exact) mass is 265 g/mol. The molecule has 1 aliphatic rings. The van der Waals surface area contributed by atoms with Gasteiger partial charge in [0.05, 0.1) is 19.0 Å². The zero-order chi connectivity index (χ0) is 12.9. The lowest BCUT2D eigenvalue weighted by atomic mass is 10.3. The first-order valence-electron chi connectivity index (χ1n) is 5.49. The predicted molar refractivity (Wildman–Crippen MR) is 62.8 cm³/mol. The van der Waals surface area contributed by atoms with Crippen molar-refractivity contribution in [2.75, 3.05) is 39.1 Å². The molecule has 1 heterocycles. The molecule has 1 rings (SSSR count). The molecule has 1 saturated heterocycles. The van der Waals surface area contributed by atoms with Gasteiger partial charge in [-0.3, -0.25) is 4.79 Å². The summed E-state index contributed by atoms with van der Waals surface area (Å²) in [6.07, 6.45) is 0.512. The number of likely N-dealkylation sites (N-methyl/N-ethyl adjacent to an activating group) is 1. The SMILES string of the molecule is CN1CCC(NS(=O)(=O)CCOCCN)C1=O. The highest BCUT2D eigenvalue weighted by molar-refractivity contribution is 7.89. The van der Waals surface area contributed by atoms with Crippen LogP contribution in [0.4, 0.5) is 0 Å². The summed E-state index contributed by atoms with van der Waals surface area (Å²) in [4.78, 5) is 13.0. The van der Waals surface area contributed by atoms with Crippen LogP contribution in [0.25, 0.3) is 0 Å². The summed E-state index contributed by atoms with van der Waals surface area (Å²) in [7, 11) is -1.81. The topological polar surface area (TPSA) is 102 Å². The van der Waals surface area contributed by atoms with E-state index in [9.17, 15) is 13.2 Å². The minimum atomic E-state index is -3.47. The molecule has 1 amide bonds. The summed E-state index contributed by atoms with van der Waals surface area (Å²) in [6, 6.07) is -0.625. The summed E-state index contributed by atoms with van der Waals surface area (Å²) in [5, 5.41) is 0. The Balaban J connectivity index is 2.36. The highest BCUT2D eigenvalue weighted by Crippen LogP contribution is 2.09. The van der Waals surface area contributed by atoms with Crippen molar-refractivity contribution in [2.24, 2.45) is 5.73 Å². The fourth-order valence-corrected chi connectivity index (χ4v) is 2.67. The Labute approximate surface area is 101 Å². The molecule has 0 aromatic heterocycles. The smallest absolute Gasteiger partial charge is 0.240 e. The second kappa shape index (κ2) is 6.29. The maximum absolute atomic E-state index is 11.6. The number of hydrogen-bond acceptors (Lipinski definition) is 5. The number of carbonyl (C=O) groups is 1. The van der Waals surface area contributed by atoms with Crippen LogP contribution in [0.2, 0.25) is 0 Å². The van der Waals surface area contributed by atoms with Crippen molar-refractivity contribution in [2.45, 2.75) is 12.5 Å². The van der Waals surface area contributed by atoms with E-state index in [1.165, 1.54) is 4.90 Å². The van der Waals surface area contributed by atoms with E-state index >= 15 is 0 Å². The van der Waals surface area contributed by atoms with Gasteiger partial charge in [-0.15, -0.1) is 0 Å². The fourth-order valence-electron chi connectivity index (χ4n) is 1.56. The van der Waals surface area contributed by atoms with Gasteiger partial charge in [0.1, 0.15) is 6.04 Å². The van der Waals surface area contributed by atoms with E-state index in [1.807, 2.05) is 0 Å². The van der Waals surface area contributed by atoms with Crippen LogP contribution in [-0.2, 0) is 19.6 Å². The van der Waals surface area contributed by atoms with Gasteiger partial charge in [0.25, 0.3) is 0 Å². The van der Waals surface area contributed by atoms with Crippen molar-refractivity contribution >= 4 is 15.9 Å². The van der Waals surface area contributed by atoms with E-state index in [1.54, 1.807) is 7.05 Å². The fraction of sp³-hybridized carbons (Fsp3) is 0.889. The van der Waals surface area contributed by atoms with Crippen LogP contribution in [0.1, 0.15) is 6.42 Å². The molecule has 0 radical (unpaired) electrons. The second-order valence-electron chi connectivity index (χ2n) is 3.94. The van der Waals surface area contributed by atoms with Crippen molar-refractivity contribution in [3.05, 3.63) is 0 Å². The third-order valence-corrected chi connectivity index (χ3v) is 3.86. The lowest BCUT2D eigenvalue weighted by Crippen LogP contribution is -2.42. The number of likely N-dealkylation sites (tertiary alicyclic amines) is 1. The van der Waals surface area contributed by atoms with Gasteiger partial charge < -0.3 is 15.4 Å². The molecular weight excluding hydrogens is 246 g/mol. The van der Waals surface area contributed by atoms with Crippen LogP contribution in [0.5, 0.6) is 0 Å². The number of nitrogens with two attached hydrogens (primary N) is 1. The molecule has 0 bridgehead atoms. The van der Waals surface area contributed by atoms with Crippen molar-refractivity contribution in [3.8, 4) is 0 Å². The first-order chi connectivity index (χ1) is 7.96. The Morgan fingerprint density at radius 3 is 2.76 bits per heavy atom. The number of rotatable bonds is 7. The van der Waals surface area contributed by atoms with Crippen LogP contribution in [-0.4, -0.2) is 64.4 Å².